The molecular weight excluding hydrogens is 264 g/mol. The molecule has 4 heteroatoms. The second kappa shape index (κ2) is 6.31. The normalized spacial score (nSPS) is 16.5. The van der Waals surface area contributed by atoms with Gasteiger partial charge in [0, 0.05) is 18.5 Å². The summed E-state index contributed by atoms with van der Waals surface area (Å²) >= 11 is 0. The Morgan fingerprint density at radius 1 is 1.33 bits per heavy atom. The van der Waals surface area contributed by atoms with Crippen molar-refractivity contribution in [3.05, 3.63) is 36.1 Å². The molecule has 0 radical (unpaired) electrons. The first kappa shape index (κ1) is 14.1. The van der Waals surface area contributed by atoms with Crippen LogP contribution < -0.4 is 5.32 Å². The molecule has 0 unspecified atom stereocenters. The SMILES string of the molecule is CNCCC1CCN(C(=O)c2coc3ccccc23)CC1. The molecule has 1 aromatic heterocycles. The molecule has 1 N–H and O–H groups in total. The molecule has 0 aliphatic carbocycles. The van der Waals surface area contributed by atoms with Gasteiger partial charge in [-0.1, -0.05) is 18.2 Å². The third-order valence-corrected chi connectivity index (χ3v) is 4.42. The number of benzene rings is 1. The van der Waals surface area contributed by atoms with Crippen LogP contribution >= 0.6 is 0 Å². The van der Waals surface area contributed by atoms with E-state index in [0.717, 1.165) is 49.4 Å². The first-order valence-electron chi connectivity index (χ1n) is 7.69. The molecule has 1 amide bonds. The smallest absolute Gasteiger partial charge is 0.257 e. The van der Waals surface area contributed by atoms with Crippen LogP contribution in [0.3, 0.4) is 0 Å². The summed E-state index contributed by atoms with van der Waals surface area (Å²) in [6.07, 6.45) is 5.00. The Bertz CT molecular complexity index is 612. The van der Waals surface area contributed by atoms with Gasteiger partial charge in [-0.15, -0.1) is 0 Å². The molecule has 3 rings (SSSR count). The Kier molecular flexibility index (Phi) is 4.25. The van der Waals surface area contributed by atoms with Crippen LogP contribution in [-0.4, -0.2) is 37.5 Å². The molecule has 1 aliphatic heterocycles. The summed E-state index contributed by atoms with van der Waals surface area (Å²) in [6.45, 7) is 2.77. The number of carbonyl (C=O) groups is 1. The van der Waals surface area contributed by atoms with Crippen molar-refractivity contribution in [2.75, 3.05) is 26.7 Å². The fraction of sp³-hybridized carbons (Fsp3) is 0.471. The van der Waals surface area contributed by atoms with Crippen molar-refractivity contribution in [3.63, 3.8) is 0 Å². The van der Waals surface area contributed by atoms with Gasteiger partial charge in [-0.3, -0.25) is 4.79 Å². The van der Waals surface area contributed by atoms with Gasteiger partial charge < -0.3 is 14.6 Å². The fourth-order valence-corrected chi connectivity index (χ4v) is 3.09. The van der Waals surface area contributed by atoms with Gasteiger partial charge in [-0.25, -0.2) is 0 Å². The molecule has 1 saturated heterocycles. The standard InChI is InChI=1S/C17H22N2O2/c1-18-9-6-13-7-10-19(11-8-13)17(20)15-12-21-16-5-3-2-4-14(15)16/h2-5,12-13,18H,6-11H2,1H3. The molecule has 0 atom stereocenters. The number of furan rings is 1. The fourth-order valence-electron chi connectivity index (χ4n) is 3.09. The minimum Gasteiger partial charge on any atom is -0.463 e. The molecular formula is C17H22N2O2. The van der Waals surface area contributed by atoms with Crippen molar-refractivity contribution in [1.82, 2.24) is 10.2 Å². The molecule has 0 spiro atoms. The quantitative estimate of drug-likeness (QED) is 0.940. The number of nitrogens with one attached hydrogen (secondary N) is 1. The lowest BCUT2D eigenvalue weighted by atomic mass is 9.93. The number of amides is 1. The van der Waals surface area contributed by atoms with Gasteiger partial charge in [0.2, 0.25) is 0 Å². The topological polar surface area (TPSA) is 45.5 Å². The van der Waals surface area contributed by atoms with Crippen molar-refractivity contribution >= 4 is 16.9 Å². The van der Waals surface area contributed by atoms with E-state index in [4.69, 9.17) is 4.42 Å². The zero-order valence-electron chi connectivity index (χ0n) is 12.5. The van der Waals surface area contributed by atoms with E-state index < -0.39 is 0 Å². The highest BCUT2D eigenvalue weighted by Crippen LogP contribution is 2.25. The van der Waals surface area contributed by atoms with E-state index in [1.54, 1.807) is 6.26 Å². The van der Waals surface area contributed by atoms with Crippen molar-refractivity contribution in [3.8, 4) is 0 Å². The van der Waals surface area contributed by atoms with E-state index in [2.05, 4.69) is 5.32 Å². The summed E-state index contributed by atoms with van der Waals surface area (Å²) in [4.78, 5) is 14.6. The number of carbonyl (C=O) groups excluding carboxylic acids is 1. The third-order valence-electron chi connectivity index (χ3n) is 4.42. The number of fused-ring (bicyclic) bond motifs is 1. The van der Waals surface area contributed by atoms with E-state index in [0.29, 0.717) is 5.56 Å². The van der Waals surface area contributed by atoms with Crippen LogP contribution in [0.15, 0.2) is 34.9 Å². The van der Waals surface area contributed by atoms with Gasteiger partial charge in [0.1, 0.15) is 11.8 Å². The second-order valence-electron chi connectivity index (χ2n) is 5.77. The summed E-state index contributed by atoms with van der Waals surface area (Å²) in [5.41, 5.74) is 1.48. The maximum Gasteiger partial charge on any atom is 0.257 e. The molecule has 1 fully saturated rings. The summed E-state index contributed by atoms with van der Waals surface area (Å²) in [5, 5.41) is 4.12. The maximum atomic E-state index is 12.6. The van der Waals surface area contributed by atoms with Crippen LogP contribution in [-0.2, 0) is 0 Å². The highest BCUT2D eigenvalue weighted by Gasteiger charge is 2.25. The predicted molar refractivity (Wildman–Crippen MR) is 83.4 cm³/mol. The molecule has 2 heterocycles. The van der Waals surface area contributed by atoms with Crippen LogP contribution in [0.25, 0.3) is 11.0 Å². The number of nitrogens with zero attached hydrogens (tertiary/aromatic N) is 1. The number of hydrogen-bond acceptors (Lipinski definition) is 3. The highest BCUT2D eigenvalue weighted by atomic mass is 16.3. The molecule has 0 bridgehead atoms. The monoisotopic (exact) mass is 286 g/mol. The molecule has 1 aliphatic rings. The number of rotatable bonds is 4. The van der Waals surface area contributed by atoms with Gasteiger partial charge in [0.05, 0.1) is 5.56 Å². The number of para-hydroxylation sites is 1. The van der Waals surface area contributed by atoms with E-state index in [1.807, 2.05) is 36.2 Å². The Balaban J connectivity index is 1.67. The van der Waals surface area contributed by atoms with E-state index in [1.165, 1.54) is 6.42 Å². The van der Waals surface area contributed by atoms with Crippen LogP contribution in [0.5, 0.6) is 0 Å². The minimum atomic E-state index is 0.104. The lowest BCUT2D eigenvalue weighted by molar-refractivity contribution is 0.0688. The maximum absolute atomic E-state index is 12.6. The van der Waals surface area contributed by atoms with Crippen LogP contribution in [0, 0.1) is 5.92 Å². The summed E-state index contributed by atoms with van der Waals surface area (Å²) in [7, 11) is 1.99. The van der Waals surface area contributed by atoms with Crippen molar-refractivity contribution in [1.29, 1.82) is 0 Å². The molecule has 112 valence electrons. The Morgan fingerprint density at radius 2 is 2.10 bits per heavy atom. The molecule has 0 saturated carbocycles. The molecule has 2 aromatic rings. The first-order valence-corrected chi connectivity index (χ1v) is 7.69. The lowest BCUT2D eigenvalue weighted by Gasteiger charge is -2.31. The Hall–Kier alpha value is -1.81. The Morgan fingerprint density at radius 3 is 2.86 bits per heavy atom. The Labute approximate surface area is 125 Å². The van der Waals surface area contributed by atoms with Crippen molar-refractivity contribution < 1.29 is 9.21 Å². The zero-order valence-corrected chi connectivity index (χ0v) is 12.5. The summed E-state index contributed by atoms with van der Waals surface area (Å²) in [5.74, 6) is 0.842. The van der Waals surface area contributed by atoms with Crippen molar-refractivity contribution in [2.45, 2.75) is 19.3 Å². The van der Waals surface area contributed by atoms with Gasteiger partial charge >= 0.3 is 0 Å². The van der Waals surface area contributed by atoms with Crippen LogP contribution in [0.2, 0.25) is 0 Å². The predicted octanol–water partition coefficient (Wildman–Crippen LogP) is 2.89. The third kappa shape index (κ3) is 2.95. The highest BCUT2D eigenvalue weighted by molar-refractivity contribution is 6.05. The van der Waals surface area contributed by atoms with Gasteiger partial charge in [-0.2, -0.15) is 0 Å². The molecule has 21 heavy (non-hydrogen) atoms. The van der Waals surface area contributed by atoms with Crippen LogP contribution in [0.1, 0.15) is 29.6 Å². The van der Waals surface area contributed by atoms with Gasteiger partial charge in [-0.05, 0) is 44.8 Å². The lowest BCUT2D eigenvalue weighted by Crippen LogP contribution is -2.38. The minimum absolute atomic E-state index is 0.104. The van der Waals surface area contributed by atoms with Gasteiger partial charge in [0.25, 0.3) is 5.91 Å². The first-order chi connectivity index (χ1) is 10.3. The van der Waals surface area contributed by atoms with E-state index in [9.17, 15) is 4.79 Å². The van der Waals surface area contributed by atoms with E-state index >= 15 is 0 Å². The molecule has 1 aromatic carbocycles. The number of piperidine rings is 1. The number of likely N-dealkylation sites (tertiary alicyclic amines) is 1. The largest absolute Gasteiger partial charge is 0.463 e. The van der Waals surface area contributed by atoms with E-state index in [-0.39, 0.29) is 5.91 Å². The van der Waals surface area contributed by atoms with Crippen molar-refractivity contribution in [2.24, 2.45) is 5.92 Å². The van der Waals surface area contributed by atoms with Crippen LogP contribution in [0.4, 0.5) is 0 Å². The average molecular weight is 286 g/mol. The second-order valence-corrected chi connectivity index (χ2v) is 5.77. The molecule has 4 nitrogen and oxygen atoms in total. The number of hydrogen-bond donors (Lipinski definition) is 1. The zero-order chi connectivity index (χ0) is 14.7. The average Bonchev–Trinajstić information content (AvgIpc) is 2.97. The summed E-state index contributed by atoms with van der Waals surface area (Å²) in [6, 6.07) is 7.72. The summed E-state index contributed by atoms with van der Waals surface area (Å²) < 4.78 is 5.48. The van der Waals surface area contributed by atoms with Gasteiger partial charge in [0.15, 0.2) is 0 Å².